The third kappa shape index (κ3) is 3.58. The van der Waals surface area contributed by atoms with Gasteiger partial charge in [0.1, 0.15) is 11.6 Å². The van der Waals surface area contributed by atoms with Crippen LogP contribution in [0.2, 0.25) is 0 Å². The molecule has 1 aliphatic heterocycles. The molecule has 9 nitrogen and oxygen atoms in total. The quantitative estimate of drug-likeness (QED) is 0.360. The number of nitrogens with two attached hydrogens (primary N) is 1. The highest BCUT2D eigenvalue weighted by molar-refractivity contribution is 6.04. The molecule has 1 saturated carbocycles. The van der Waals surface area contributed by atoms with E-state index < -0.39 is 17.7 Å². The normalized spacial score (nSPS) is 16.5. The molecule has 4 N–H and O–H groups in total. The van der Waals surface area contributed by atoms with Gasteiger partial charge in [-0.1, -0.05) is 6.07 Å². The monoisotopic (exact) mass is 495 g/mol. The molecule has 2 fully saturated rings. The summed E-state index contributed by atoms with van der Waals surface area (Å²) >= 11 is 0. The van der Waals surface area contributed by atoms with E-state index in [1.165, 1.54) is 0 Å². The minimum absolute atomic E-state index is 0.00438. The highest BCUT2D eigenvalue weighted by Gasteiger charge is 2.32. The molecule has 0 unspecified atom stereocenters. The molecular weight excluding hydrogens is 472 g/mol. The number of nitrogen functional groups attached to an aromatic ring is 1. The second-order valence-corrected chi connectivity index (χ2v) is 9.52. The van der Waals surface area contributed by atoms with Crippen LogP contribution in [0.25, 0.3) is 33.1 Å². The maximum atomic E-state index is 14.8. The Bertz CT molecular complexity index is 1620. The topological polar surface area (TPSA) is 127 Å². The standard InChI is InChI=1S/C25H23F2N5O4/c1-11-14(16-6-18(27)19(28)7-17(16)26)4-5-15-22(11)32(13-2-3-13)24(33)21-23(15)36-20(30-21)10-31-8-12(9-31)29-25(34)35/h4-7,12-13,29H,2-3,8-10,28H2,1H3,(H,34,35). The molecule has 1 saturated heterocycles. The Kier molecular flexibility index (Phi) is 5.01. The van der Waals surface area contributed by atoms with Crippen molar-refractivity contribution in [2.24, 2.45) is 0 Å². The number of aryl methyl sites for hydroxylation is 1. The number of benzene rings is 2. The van der Waals surface area contributed by atoms with E-state index in [2.05, 4.69) is 10.3 Å². The Balaban J connectivity index is 1.47. The van der Waals surface area contributed by atoms with Crippen LogP contribution in [-0.4, -0.2) is 44.8 Å². The summed E-state index contributed by atoms with van der Waals surface area (Å²) < 4.78 is 36.7. The largest absolute Gasteiger partial charge is 0.465 e. The Hall–Kier alpha value is -3.99. The SMILES string of the molecule is Cc1c(-c2cc(F)c(N)cc2F)ccc2c3oc(CN4CC(NC(=O)O)C4)nc3c(=O)n(C3CC3)c12. The minimum Gasteiger partial charge on any atom is -0.465 e. The van der Waals surface area contributed by atoms with Crippen molar-refractivity contribution < 1.29 is 23.1 Å². The van der Waals surface area contributed by atoms with Gasteiger partial charge in [-0.25, -0.2) is 18.6 Å². The van der Waals surface area contributed by atoms with Crippen LogP contribution in [0.3, 0.4) is 0 Å². The van der Waals surface area contributed by atoms with E-state index in [0.29, 0.717) is 53.1 Å². The molecule has 36 heavy (non-hydrogen) atoms. The van der Waals surface area contributed by atoms with Crippen LogP contribution in [0.4, 0.5) is 19.3 Å². The lowest BCUT2D eigenvalue weighted by atomic mass is 9.96. The van der Waals surface area contributed by atoms with Gasteiger partial charge in [0.2, 0.25) is 5.89 Å². The number of hydrogen-bond acceptors (Lipinski definition) is 6. The number of oxazole rings is 1. The summed E-state index contributed by atoms with van der Waals surface area (Å²) in [6.45, 7) is 3.15. The van der Waals surface area contributed by atoms with Gasteiger partial charge in [0.05, 0.1) is 23.8 Å². The van der Waals surface area contributed by atoms with Gasteiger partial charge < -0.3 is 25.1 Å². The number of nitrogens with one attached hydrogen (secondary N) is 1. The predicted octanol–water partition coefficient (Wildman–Crippen LogP) is 3.77. The summed E-state index contributed by atoms with van der Waals surface area (Å²) in [4.78, 5) is 30.8. The van der Waals surface area contributed by atoms with Gasteiger partial charge in [0.15, 0.2) is 11.1 Å². The Morgan fingerprint density at radius 1 is 1.22 bits per heavy atom. The predicted molar refractivity (Wildman–Crippen MR) is 129 cm³/mol. The number of likely N-dealkylation sites (tertiary alicyclic amines) is 1. The maximum Gasteiger partial charge on any atom is 0.404 e. The number of pyridine rings is 1. The van der Waals surface area contributed by atoms with Gasteiger partial charge in [0.25, 0.3) is 5.56 Å². The van der Waals surface area contributed by atoms with Crippen molar-refractivity contribution in [3.8, 4) is 11.1 Å². The molecule has 0 spiro atoms. The van der Waals surface area contributed by atoms with Gasteiger partial charge in [-0.3, -0.25) is 9.69 Å². The molecule has 3 heterocycles. The van der Waals surface area contributed by atoms with E-state index in [1.807, 2.05) is 4.90 Å². The summed E-state index contributed by atoms with van der Waals surface area (Å²) in [5.74, 6) is -1.00. The van der Waals surface area contributed by atoms with E-state index in [-0.39, 0.29) is 34.4 Å². The average Bonchev–Trinajstić information content (AvgIpc) is 3.54. The third-order valence-electron chi connectivity index (χ3n) is 6.94. The number of amides is 1. The molecule has 2 aromatic carbocycles. The van der Waals surface area contributed by atoms with Crippen molar-refractivity contribution in [3.05, 3.63) is 57.7 Å². The van der Waals surface area contributed by atoms with Crippen LogP contribution in [0.5, 0.6) is 0 Å². The molecule has 2 aliphatic rings. The van der Waals surface area contributed by atoms with Crippen molar-refractivity contribution in [2.45, 2.75) is 38.4 Å². The van der Waals surface area contributed by atoms with E-state index in [1.54, 1.807) is 23.6 Å². The van der Waals surface area contributed by atoms with Crippen LogP contribution in [0, 0.1) is 18.6 Å². The van der Waals surface area contributed by atoms with Gasteiger partial charge in [-0.05, 0) is 43.0 Å². The number of hydrogen-bond donors (Lipinski definition) is 3. The summed E-state index contributed by atoms with van der Waals surface area (Å²) in [6.07, 6.45) is 0.613. The van der Waals surface area contributed by atoms with Crippen molar-refractivity contribution in [1.29, 1.82) is 0 Å². The summed E-state index contributed by atoms with van der Waals surface area (Å²) in [7, 11) is 0. The number of carboxylic acid groups (broad SMARTS) is 1. The molecule has 1 amide bonds. The zero-order chi connectivity index (χ0) is 25.3. The van der Waals surface area contributed by atoms with Crippen LogP contribution in [0.15, 0.2) is 33.5 Å². The van der Waals surface area contributed by atoms with Crippen LogP contribution in [-0.2, 0) is 6.54 Å². The van der Waals surface area contributed by atoms with Crippen molar-refractivity contribution >= 4 is 33.8 Å². The third-order valence-corrected chi connectivity index (χ3v) is 6.94. The molecular formula is C25H23F2N5O4. The Morgan fingerprint density at radius 3 is 2.67 bits per heavy atom. The van der Waals surface area contributed by atoms with Gasteiger partial charge in [-0.15, -0.1) is 0 Å². The molecule has 0 atom stereocenters. The second-order valence-electron chi connectivity index (χ2n) is 9.52. The zero-order valence-corrected chi connectivity index (χ0v) is 19.3. The second kappa shape index (κ2) is 8.02. The molecule has 2 aromatic heterocycles. The van der Waals surface area contributed by atoms with E-state index >= 15 is 0 Å². The molecule has 0 bridgehead atoms. The van der Waals surface area contributed by atoms with Gasteiger partial charge >= 0.3 is 6.09 Å². The summed E-state index contributed by atoms with van der Waals surface area (Å²) in [6, 6.07) is 5.32. The van der Waals surface area contributed by atoms with Crippen LogP contribution < -0.4 is 16.6 Å². The van der Waals surface area contributed by atoms with Crippen molar-refractivity contribution in [1.82, 2.24) is 19.8 Å². The number of aromatic nitrogens is 2. The molecule has 186 valence electrons. The number of anilines is 1. The lowest BCUT2D eigenvalue weighted by molar-refractivity contribution is 0.103. The van der Waals surface area contributed by atoms with E-state index in [9.17, 15) is 18.4 Å². The van der Waals surface area contributed by atoms with Crippen molar-refractivity contribution in [2.75, 3.05) is 18.8 Å². The number of fused-ring (bicyclic) bond motifs is 3. The van der Waals surface area contributed by atoms with E-state index in [4.69, 9.17) is 15.3 Å². The number of nitrogens with zero attached hydrogens (tertiary/aromatic N) is 3. The van der Waals surface area contributed by atoms with E-state index in [0.717, 1.165) is 25.0 Å². The Labute approximate surface area is 203 Å². The molecule has 0 radical (unpaired) electrons. The average molecular weight is 495 g/mol. The first kappa shape index (κ1) is 22.5. The molecule has 1 aliphatic carbocycles. The lowest BCUT2D eigenvalue weighted by Crippen LogP contribution is -2.58. The first-order valence-electron chi connectivity index (χ1n) is 11.6. The number of halogens is 2. The first-order chi connectivity index (χ1) is 17.2. The molecule has 6 rings (SSSR count). The zero-order valence-electron chi connectivity index (χ0n) is 19.3. The highest BCUT2D eigenvalue weighted by atomic mass is 19.1. The maximum absolute atomic E-state index is 14.8. The summed E-state index contributed by atoms with van der Waals surface area (Å²) in [5, 5.41) is 11.9. The smallest absolute Gasteiger partial charge is 0.404 e. The lowest BCUT2D eigenvalue weighted by Gasteiger charge is -2.37. The van der Waals surface area contributed by atoms with Gasteiger partial charge in [0, 0.05) is 36.1 Å². The first-order valence-corrected chi connectivity index (χ1v) is 11.6. The summed E-state index contributed by atoms with van der Waals surface area (Å²) in [5.41, 5.74) is 7.31. The molecule has 11 heteroatoms. The minimum atomic E-state index is -1.06. The van der Waals surface area contributed by atoms with Gasteiger partial charge in [-0.2, -0.15) is 0 Å². The van der Waals surface area contributed by atoms with Crippen LogP contribution >= 0.6 is 0 Å². The highest BCUT2D eigenvalue weighted by Crippen LogP contribution is 2.41. The number of rotatable bonds is 5. The molecule has 4 aromatic rings. The fourth-order valence-corrected chi connectivity index (χ4v) is 5.07. The fourth-order valence-electron chi connectivity index (χ4n) is 5.07. The van der Waals surface area contributed by atoms with Crippen molar-refractivity contribution in [3.63, 3.8) is 0 Å². The Morgan fingerprint density at radius 2 is 1.97 bits per heavy atom. The van der Waals surface area contributed by atoms with Crippen LogP contribution in [0.1, 0.15) is 30.3 Å². The number of carbonyl (C=O) groups is 1. The fraction of sp³-hybridized carbons (Fsp3) is 0.320.